The Bertz CT molecular complexity index is 461. The number of hydrogen-bond donors (Lipinski definition) is 2. The van der Waals surface area contributed by atoms with Crippen LogP contribution >= 0.6 is 0 Å². The first-order valence-electron chi connectivity index (χ1n) is 7.23. The first kappa shape index (κ1) is 17.2. The van der Waals surface area contributed by atoms with Gasteiger partial charge in [0, 0.05) is 13.0 Å². The number of aromatic nitrogens is 2. The van der Waals surface area contributed by atoms with Gasteiger partial charge in [-0.15, -0.1) is 0 Å². The topological polar surface area (TPSA) is 84.3 Å². The summed E-state index contributed by atoms with van der Waals surface area (Å²) in [4.78, 5) is 19.0. The molecular weight excluding hydrogens is 270 g/mol. The fourth-order valence-corrected chi connectivity index (χ4v) is 1.83. The van der Waals surface area contributed by atoms with E-state index in [0.29, 0.717) is 24.7 Å². The second-order valence-electron chi connectivity index (χ2n) is 6.14. The van der Waals surface area contributed by atoms with Crippen molar-refractivity contribution in [2.24, 2.45) is 5.41 Å². The van der Waals surface area contributed by atoms with E-state index in [2.05, 4.69) is 29.1 Å². The molecule has 0 aliphatic heterocycles. The highest BCUT2D eigenvalue weighted by atomic mass is 16.5. The van der Waals surface area contributed by atoms with Crippen molar-refractivity contribution in [2.45, 2.75) is 53.1 Å². The summed E-state index contributed by atoms with van der Waals surface area (Å²) in [6.45, 7) is 8.73. The maximum atomic E-state index is 10.6. The van der Waals surface area contributed by atoms with E-state index in [1.54, 1.807) is 12.4 Å². The van der Waals surface area contributed by atoms with Gasteiger partial charge in [-0.3, -0.25) is 9.78 Å². The van der Waals surface area contributed by atoms with Crippen molar-refractivity contribution in [1.82, 2.24) is 9.97 Å². The highest BCUT2D eigenvalue weighted by molar-refractivity contribution is 5.66. The first-order chi connectivity index (χ1) is 9.78. The Morgan fingerprint density at radius 2 is 2.10 bits per heavy atom. The summed E-state index contributed by atoms with van der Waals surface area (Å²) >= 11 is 0. The lowest BCUT2D eigenvalue weighted by atomic mass is 9.84. The van der Waals surface area contributed by atoms with E-state index < -0.39 is 5.97 Å². The molecule has 0 spiro atoms. The maximum absolute atomic E-state index is 10.6. The van der Waals surface area contributed by atoms with Crippen molar-refractivity contribution < 1.29 is 14.6 Å². The third-order valence-corrected chi connectivity index (χ3v) is 3.09. The number of anilines is 1. The third kappa shape index (κ3) is 7.48. The van der Waals surface area contributed by atoms with E-state index >= 15 is 0 Å². The van der Waals surface area contributed by atoms with Crippen LogP contribution in [-0.2, 0) is 4.79 Å². The Labute approximate surface area is 126 Å². The van der Waals surface area contributed by atoms with E-state index in [-0.39, 0.29) is 17.9 Å². The zero-order valence-electron chi connectivity index (χ0n) is 13.2. The average Bonchev–Trinajstić information content (AvgIpc) is 2.36. The van der Waals surface area contributed by atoms with Crippen LogP contribution in [0, 0.1) is 5.41 Å². The number of carbonyl (C=O) groups is 1. The Morgan fingerprint density at radius 3 is 2.71 bits per heavy atom. The van der Waals surface area contributed by atoms with Crippen LogP contribution in [0.1, 0.15) is 47.0 Å². The van der Waals surface area contributed by atoms with Crippen molar-refractivity contribution in [3.63, 3.8) is 0 Å². The first-order valence-corrected chi connectivity index (χ1v) is 7.23. The van der Waals surface area contributed by atoms with E-state index in [4.69, 9.17) is 9.84 Å². The van der Waals surface area contributed by atoms with Crippen LogP contribution in [0.4, 0.5) is 5.82 Å². The fraction of sp³-hybridized carbons (Fsp3) is 0.667. The lowest BCUT2D eigenvalue weighted by Gasteiger charge is -2.24. The minimum absolute atomic E-state index is 0.0230. The molecule has 0 fully saturated rings. The normalized spacial score (nSPS) is 11.5. The maximum Gasteiger partial charge on any atom is 0.303 e. The number of rotatable bonds is 9. The largest absolute Gasteiger partial charge is 0.481 e. The van der Waals surface area contributed by atoms with Gasteiger partial charge in [0.15, 0.2) is 0 Å². The Morgan fingerprint density at radius 1 is 1.38 bits per heavy atom. The van der Waals surface area contributed by atoms with Gasteiger partial charge >= 0.3 is 5.97 Å². The molecule has 0 atom stereocenters. The highest BCUT2D eigenvalue weighted by Crippen LogP contribution is 2.26. The van der Waals surface area contributed by atoms with Crippen molar-refractivity contribution in [2.75, 3.05) is 11.9 Å². The SMILES string of the molecule is CC(C)Oc1cncc(NCCC(C)(C)CCC(=O)O)n1. The van der Waals surface area contributed by atoms with Gasteiger partial charge in [0.05, 0.1) is 18.5 Å². The predicted octanol–water partition coefficient (Wildman–Crippen LogP) is 2.96. The lowest BCUT2D eigenvalue weighted by molar-refractivity contribution is -0.137. The van der Waals surface area contributed by atoms with Gasteiger partial charge in [0.1, 0.15) is 5.82 Å². The van der Waals surface area contributed by atoms with Crippen molar-refractivity contribution in [1.29, 1.82) is 0 Å². The molecule has 0 unspecified atom stereocenters. The summed E-state index contributed by atoms with van der Waals surface area (Å²) in [5.41, 5.74) is -0.0230. The molecule has 118 valence electrons. The van der Waals surface area contributed by atoms with Crippen molar-refractivity contribution >= 4 is 11.8 Å². The van der Waals surface area contributed by atoms with E-state index in [1.807, 2.05) is 13.8 Å². The smallest absolute Gasteiger partial charge is 0.303 e. The van der Waals surface area contributed by atoms with Gasteiger partial charge in [0.2, 0.25) is 5.88 Å². The Hall–Kier alpha value is -1.85. The van der Waals surface area contributed by atoms with Gasteiger partial charge < -0.3 is 15.2 Å². The van der Waals surface area contributed by atoms with Crippen LogP contribution in [0.2, 0.25) is 0 Å². The summed E-state index contributed by atoms with van der Waals surface area (Å²) < 4.78 is 5.49. The molecule has 1 rings (SSSR count). The molecule has 0 radical (unpaired) electrons. The number of ether oxygens (including phenoxy) is 1. The number of nitrogens with one attached hydrogen (secondary N) is 1. The number of aliphatic carboxylic acids is 1. The summed E-state index contributed by atoms with van der Waals surface area (Å²) in [6.07, 6.45) is 5.01. The molecular formula is C15H25N3O3. The number of hydrogen-bond acceptors (Lipinski definition) is 5. The zero-order valence-corrected chi connectivity index (χ0v) is 13.2. The Balaban J connectivity index is 2.42. The second kappa shape index (κ2) is 7.81. The van der Waals surface area contributed by atoms with E-state index in [9.17, 15) is 4.79 Å². The number of carboxylic acid groups (broad SMARTS) is 1. The molecule has 6 nitrogen and oxygen atoms in total. The molecule has 1 aromatic heterocycles. The van der Waals surface area contributed by atoms with Gasteiger partial charge in [-0.25, -0.2) is 0 Å². The molecule has 21 heavy (non-hydrogen) atoms. The second-order valence-corrected chi connectivity index (χ2v) is 6.14. The molecule has 0 bridgehead atoms. The quantitative estimate of drug-likeness (QED) is 0.728. The molecule has 0 aromatic carbocycles. The van der Waals surface area contributed by atoms with Gasteiger partial charge in [-0.1, -0.05) is 13.8 Å². The number of carboxylic acids is 1. The third-order valence-electron chi connectivity index (χ3n) is 3.09. The minimum Gasteiger partial charge on any atom is -0.481 e. The molecule has 2 N–H and O–H groups in total. The van der Waals surface area contributed by atoms with E-state index in [1.165, 1.54) is 0 Å². The monoisotopic (exact) mass is 295 g/mol. The molecule has 1 heterocycles. The van der Waals surface area contributed by atoms with Crippen molar-refractivity contribution in [3.05, 3.63) is 12.4 Å². The summed E-state index contributed by atoms with van der Waals surface area (Å²) in [7, 11) is 0. The highest BCUT2D eigenvalue weighted by Gasteiger charge is 2.18. The number of nitrogens with zero attached hydrogens (tertiary/aromatic N) is 2. The average molecular weight is 295 g/mol. The van der Waals surface area contributed by atoms with Gasteiger partial charge in [-0.05, 0) is 32.1 Å². The van der Waals surface area contributed by atoms with Gasteiger partial charge in [0.25, 0.3) is 0 Å². The summed E-state index contributed by atoms with van der Waals surface area (Å²) in [5, 5.41) is 11.9. The van der Waals surface area contributed by atoms with E-state index in [0.717, 1.165) is 6.42 Å². The zero-order chi connectivity index (χ0) is 15.9. The van der Waals surface area contributed by atoms with Crippen LogP contribution in [-0.4, -0.2) is 33.7 Å². The van der Waals surface area contributed by atoms with Gasteiger partial charge in [-0.2, -0.15) is 4.98 Å². The van der Waals surface area contributed by atoms with Crippen LogP contribution < -0.4 is 10.1 Å². The van der Waals surface area contributed by atoms with Crippen LogP contribution in [0.3, 0.4) is 0 Å². The van der Waals surface area contributed by atoms with Crippen LogP contribution in [0.15, 0.2) is 12.4 Å². The standard InChI is InChI=1S/C15H25N3O3/c1-11(2)21-13-10-16-9-12(18-13)17-8-7-15(3,4)6-5-14(19)20/h9-11H,5-8H2,1-4H3,(H,17,18)(H,19,20). The molecule has 6 heteroatoms. The molecule has 0 amide bonds. The summed E-state index contributed by atoms with van der Waals surface area (Å²) in [5.74, 6) is 0.419. The molecule has 0 saturated heterocycles. The Kier molecular flexibility index (Phi) is 6.39. The predicted molar refractivity (Wildman–Crippen MR) is 81.6 cm³/mol. The molecule has 0 aliphatic rings. The molecule has 0 saturated carbocycles. The van der Waals surface area contributed by atoms with Crippen LogP contribution in [0.5, 0.6) is 5.88 Å². The fourth-order valence-electron chi connectivity index (χ4n) is 1.83. The molecule has 1 aromatic rings. The lowest BCUT2D eigenvalue weighted by Crippen LogP contribution is -2.18. The molecule has 0 aliphatic carbocycles. The van der Waals surface area contributed by atoms with Crippen molar-refractivity contribution in [3.8, 4) is 5.88 Å². The minimum atomic E-state index is -0.750. The van der Waals surface area contributed by atoms with Crippen LogP contribution in [0.25, 0.3) is 0 Å². The summed E-state index contributed by atoms with van der Waals surface area (Å²) in [6, 6.07) is 0.